The van der Waals surface area contributed by atoms with Crippen molar-refractivity contribution in [2.45, 2.75) is 96.4 Å². The Morgan fingerprint density at radius 1 is 1.03 bits per heavy atom. The monoisotopic (exact) mass is 534 g/mol. The molecule has 2 fully saturated rings. The van der Waals surface area contributed by atoms with E-state index in [1.807, 2.05) is 11.3 Å². The molecule has 5 heteroatoms. The summed E-state index contributed by atoms with van der Waals surface area (Å²) in [6.07, 6.45) is 13.5. The average Bonchev–Trinajstić information content (AvgIpc) is 3.36. The highest BCUT2D eigenvalue weighted by atomic mass is 32.1. The third kappa shape index (κ3) is 8.44. The van der Waals surface area contributed by atoms with E-state index in [4.69, 9.17) is 4.98 Å². The molecule has 2 heterocycles. The predicted octanol–water partition coefficient (Wildman–Crippen LogP) is 7.94. The number of likely N-dealkylation sites (tertiary alicyclic amines) is 1. The van der Waals surface area contributed by atoms with E-state index in [1.54, 1.807) is 0 Å². The van der Waals surface area contributed by atoms with Crippen LogP contribution in [-0.4, -0.2) is 42.1 Å². The van der Waals surface area contributed by atoms with Crippen LogP contribution < -0.4 is 10.6 Å². The number of nitrogens with zero attached hydrogens (tertiary/aromatic N) is 2. The Hall–Kier alpha value is -2.11. The summed E-state index contributed by atoms with van der Waals surface area (Å²) in [5.74, 6) is 1.22. The molecule has 2 aromatic rings. The summed E-state index contributed by atoms with van der Waals surface area (Å²) in [5.41, 5.74) is 5.78. The number of aryl methyl sites for hydroxylation is 1. The van der Waals surface area contributed by atoms with E-state index in [0.29, 0.717) is 17.9 Å². The molecule has 0 unspecified atom stereocenters. The van der Waals surface area contributed by atoms with Gasteiger partial charge in [-0.3, -0.25) is 0 Å². The molecule has 1 aromatic heterocycles. The van der Waals surface area contributed by atoms with E-state index in [2.05, 4.69) is 67.3 Å². The molecule has 1 saturated heterocycles. The van der Waals surface area contributed by atoms with Gasteiger partial charge in [0, 0.05) is 36.9 Å². The highest BCUT2D eigenvalue weighted by Crippen LogP contribution is 2.29. The zero-order valence-electron chi connectivity index (χ0n) is 24.0. The summed E-state index contributed by atoms with van der Waals surface area (Å²) in [5, 5.41) is 8.69. The number of hydrogen-bond donors (Lipinski definition) is 2. The highest BCUT2D eigenvalue weighted by Gasteiger charge is 2.24. The van der Waals surface area contributed by atoms with Crippen molar-refractivity contribution in [1.82, 2.24) is 20.5 Å². The summed E-state index contributed by atoms with van der Waals surface area (Å²) >= 11 is 1.83. The van der Waals surface area contributed by atoms with Crippen LogP contribution in [-0.2, 0) is 6.42 Å². The summed E-state index contributed by atoms with van der Waals surface area (Å²) in [4.78, 5) is 7.47. The Bertz CT molecular complexity index is 1070. The molecule has 0 spiro atoms. The van der Waals surface area contributed by atoms with Gasteiger partial charge in [0.2, 0.25) is 0 Å². The Morgan fingerprint density at radius 2 is 1.76 bits per heavy atom. The van der Waals surface area contributed by atoms with Crippen LogP contribution in [0, 0.1) is 5.92 Å². The predicted molar refractivity (Wildman–Crippen MR) is 166 cm³/mol. The lowest BCUT2D eigenvalue weighted by atomic mass is 9.83. The molecular weight excluding hydrogens is 484 g/mol. The lowest BCUT2D eigenvalue weighted by Gasteiger charge is -2.33. The topological polar surface area (TPSA) is 40.2 Å². The summed E-state index contributed by atoms with van der Waals surface area (Å²) in [7, 11) is 0. The van der Waals surface area contributed by atoms with Gasteiger partial charge in [0.05, 0.1) is 15.2 Å². The number of fused-ring (bicyclic) bond motifs is 1. The van der Waals surface area contributed by atoms with E-state index in [9.17, 15) is 0 Å². The maximum Gasteiger partial charge on any atom is 0.0942 e. The molecule has 1 aromatic carbocycles. The lowest BCUT2D eigenvalue weighted by molar-refractivity contribution is 0.231. The molecule has 1 aliphatic heterocycles. The van der Waals surface area contributed by atoms with Crippen LogP contribution >= 0.6 is 11.3 Å². The van der Waals surface area contributed by atoms with Crippen molar-refractivity contribution < 1.29 is 0 Å². The number of allylic oxidation sites excluding steroid dienone is 2. The van der Waals surface area contributed by atoms with E-state index >= 15 is 0 Å². The normalized spacial score (nSPS) is 18.0. The maximum absolute atomic E-state index is 4.90. The second kappa shape index (κ2) is 14.3. The fraction of sp³-hybridized carbons (Fsp3) is 0.606. The minimum absolute atomic E-state index is 0.374. The fourth-order valence-electron chi connectivity index (χ4n) is 5.90. The number of benzene rings is 1. The van der Waals surface area contributed by atoms with Gasteiger partial charge in [-0.05, 0) is 86.7 Å². The Morgan fingerprint density at radius 3 is 2.50 bits per heavy atom. The molecule has 1 aliphatic carbocycles. The number of rotatable bonds is 14. The van der Waals surface area contributed by atoms with E-state index in [0.717, 1.165) is 54.8 Å². The van der Waals surface area contributed by atoms with Crippen LogP contribution in [0.15, 0.2) is 54.9 Å². The van der Waals surface area contributed by atoms with E-state index in [-0.39, 0.29) is 0 Å². The minimum atomic E-state index is 0.374. The van der Waals surface area contributed by atoms with E-state index < -0.39 is 0 Å². The summed E-state index contributed by atoms with van der Waals surface area (Å²) in [6, 6.07) is 7.08. The van der Waals surface area contributed by atoms with Crippen LogP contribution in [0.5, 0.6) is 0 Å². The number of aromatic nitrogens is 1. The summed E-state index contributed by atoms with van der Waals surface area (Å²) < 4.78 is 1.30. The van der Waals surface area contributed by atoms with Gasteiger partial charge in [-0.2, -0.15) is 0 Å². The zero-order chi connectivity index (χ0) is 26.9. The molecular formula is C33H50N4S. The van der Waals surface area contributed by atoms with Gasteiger partial charge in [0.15, 0.2) is 0 Å². The van der Waals surface area contributed by atoms with Gasteiger partial charge in [-0.1, -0.05) is 65.3 Å². The second-order valence-electron chi connectivity index (χ2n) is 11.9. The Kier molecular flexibility index (Phi) is 10.9. The highest BCUT2D eigenvalue weighted by molar-refractivity contribution is 7.18. The number of piperidine rings is 1. The second-order valence-corrected chi connectivity index (χ2v) is 13.0. The molecule has 1 saturated carbocycles. The van der Waals surface area contributed by atoms with E-state index in [1.165, 1.54) is 79.7 Å². The first-order valence-electron chi connectivity index (χ1n) is 15.1. The van der Waals surface area contributed by atoms with Gasteiger partial charge in [-0.15, -0.1) is 11.3 Å². The molecule has 0 bridgehead atoms. The molecule has 4 nitrogen and oxygen atoms in total. The van der Waals surface area contributed by atoms with Crippen molar-refractivity contribution in [2.75, 3.05) is 26.2 Å². The molecule has 2 N–H and O–H groups in total. The third-order valence-corrected chi connectivity index (χ3v) is 9.59. The standard InChI is InChI=1S/C33H50N4S/c1-24(2)29-15-16-30-32(22-29)38-33(36-30)17-14-26(4)35-31(28-12-8-6-9-13-28)23-34-27(5)25(3)18-21-37-19-10-7-11-20-37/h15-16,22,24,28,31,34-35H,3-14,17-21,23H2,1-2H3/t31-/m1/s1. The first kappa shape index (κ1) is 28.9. The molecule has 0 radical (unpaired) electrons. The minimum Gasteiger partial charge on any atom is -0.384 e. The SMILES string of the molecule is C=C(CCc1nc2ccc(C(C)C)cc2s1)N[C@H](CNC(=C)C(=C)CCN1CCCCC1)C1CCCCC1. The van der Waals surface area contributed by atoms with Crippen LogP contribution in [0.3, 0.4) is 0 Å². The molecule has 0 amide bonds. The quantitative estimate of drug-likeness (QED) is 0.241. The third-order valence-electron chi connectivity index (χ3n) is 8.51. The van der Waals surface area contributed by atoms with Crippen molar-refractivity contribution in [3.8, 4) is 0 Å². The fourth-order valence-corrected chi connectivity index (χ4v) is 6.92. The lowest BCUT2D eigenvalue weighted by Crippen LogP contribution is -2.44. The largest absolute Gasteiger partial charge is 0.384 e. The van der Waals surface area contributed by atoms with Gasteiger partial charge in [0.25, 0.3) is 0 Å². The van der Waals surface area contributed by atoms with Gasteiger partial charge < -0.3 is 15.5 Å². The van der Waals surface area contributed by atoms with Gasteiger partial charge in [0.1, 0.15) is 0 Å². The van der Waals surface area contributed by atoms with Crippen molar-refractivity contribution >= 4 is 21.6 Å². The molecule has 4 rings (SSSR count). The molecule has 1 atom stereocenters. The van der Waals surface area contributed by atoms with Crippen LogP contribution in [0.1, 0.15) is 94.5 Å². The Labute approximate surface area is 235 Å². The number of hydrogen-bond acceptors (Lipinski definition) is 5. The van der Waals surface area contributed by atoms with Gasteiger partial charge in [-0.25, -0.2) is 4.98 Å². The van der Waals surface area contributed by atoms with Crippen molar-refractivity contribution in [1.29, 1.82) is 0 Å². The first-order valence-corrected chi connectivity index (χ1v) is 15.9. The molecule has 38 heavy (non-hydrogen) atoms. The summed E-state index contributed by atoms with van der Waals surface area (Å²) in [6.45, 7) is 22.1. The Balaban J connectivity index is 1.27. The molecule has 2 aliphatic rings. The van der Waals surface area contributed by atoms with Crippen molar-refractivity contribution in [3.63, 3.8) is 0 Å². The maximum atomic E-state index is 4.90. The van der Waals surface area contributed by atoms with Gasteiger partial charge >= 0.3 is 0 Å². The number of nitrogens with one attached hydrogen (secondary N) is 2. The molecule has 208 valence electrons. The number of thiazole rings is 1. The van der Waals surface area contributed by atoms with Crippen LogP contribution in [0.25, 0.3) is 10.2 Å². The zero-order valence-corrected chi connectivity index (χ0v) is 24.8. The van der Waals surface area contributed by atoms with Crippen molar-refractivity contribution in [2.24, 2.45) is 5.92 Å². The van der Waals surface area contributed by atoms with Crippen LogP contribution in [0.4, 0.5) is 0 Å². The average molecular weight is 535 g/mol. The first-order chi connectivity index (χ1) is 18.4. The van der Waals surface area contributed by atoms with Crippen molar-refractivity contribution in [3.05, 3.63) is 65.5 Å². The van der Waals surface area contributed by atoms with Crippen LogP contribution in [0.2, 0.25) is 0 Å². The smallest absolute Gasteiger partial charge is 0.0942 e.